The van der Waals surface area contributed by atoms with E-state index in [4.69, 9.17) is 0 Å². The number of carbonyl (C=O) groups excluding carboxylic acids is 2. The lowest BCUT2D eigenvalue weighted by molar-refractivity contribution is -0.119. The van der Waals surface area contributed by atoms with Gasteiger partial charge in [-0.15, -0.1) is 0 Å². The number of hydrogen-bond acceptors (Lipinski definition) is 6. The summed E-state index contributed by atoms with van der Waals surface area (Å²) in [5.74, 6) is 0.0105. The summed E-state index contributed by atoms with van der Waals surface area (Å²) in [5.41, 5.74) is 0. The van der Waals surface area contributed by atoms with Crippen LogP contribution < -0.4 is 9.44 Å². The van der Waals surface area contributed by atoms with Crippen LogP contribution in [0.25, 0.3) is 0 Å². The quantitative estimate of drug-likeness (QED) is 0.422. The van der Waals surface area contributed by atoms with Crippen LogP contribution in [0.15, 0.2) is 0 Å². The third-order valence-electron chi connectivity index (χ3n) is 1.05. The zero-order valence-electron chi connectivity index (χ0n) is 7.86. The van der Waals surface area contributed by atoms with Crippen molar-refractivity contribution < 1.29 is 9.59 Å². The molecule has 0 aromatic heterocycles. The molecule has 2 N–H and O–H groups in total. The number of rotatable bonds is 7. The minimum Gasteiger partial charge on any atom is -0.290 e. The van der Waals surface area contributed by atoms with E-state index in [2.05, 4.69) is 9.44 Å². The Morgan fingerprint density at radius 1 is 0.929 bits per heavy atom. The van der Waals surface area contributed by atoms with Gasteiger partial charge in [-0.05, 0) is 0 Å². The van der Waals surface area contributed by atoms with Crippen LogP contribution in [0.5, 0.6) is 0 Å². The standard InChI is InChI=1S/C6H12N2O2S4/c1-3-5(9)7-11-13-14-12-8-6(10)4-2/h3-4H2,1-2H3,(H,7,9)(H,8,10). The first kappa shape index (κ1) is 14.3. The van der Waals surface area contributed by atoms with E-state index in [1.807, 2.05) is 0 Å². The highest BCUT2D eigenvalue weighted by Gasteiger charge is 1.99. The van der Waals surface area contributed by atoms with Crippen LogP contribution in [0.1, 0.15) is 26.7 Å². The van der Waals surface area contributed by atoms with E-state index >= 15 is 0 Å². The van der Waals surface area contributed by atoms with Gasteiger partial charge in [0.2, 0.25) is 11.8 Å². The third-order valence-corrected chi connectivity index (χ3v) is 6.16. The minimum absolute atomic E-state index is 0.00527. The van der Waals surface area contributed by atoms with Crippen molar-refractivity contribution in [1.82, 2.24) is 9.44 Å². The molecule has 0 spiro atoms. The summed E-state index contributed by atoms with van der Waals surface area (Å²) < 4.78 is 5.26. The fourth-order valence-corrected chi connectivity index (χ4v) is 4.44. The van der Waals surface area contributed by atoms with Crippen LogP contribution >= 0.6 is 41.6 Å². The van der Waals surface area contributed by atoms with Gasteiger partial charge >= 0.3 is 0 Å². The highest BCUT2D eigenvalue weighted by molar-refractivity contribution is 9.25. The maximum atomic E-state index is 10.8. The summed E-state index contributed by atoms with van der Waals surface area (Å²) in [6.07, 6.45) is 0.968. The van der Waals surface area contributed by atoms with Gasteiger partial charge in [-0.25, -0.2) is 0 Å². The Bertz CT molecular complexity index is 171. The Labute approximate surface area is 98.9 Å². The Kier molecular flexibility index (Phi) is 10.1. The fraction of sp³-hybridized carbons (Fsp3) is 0.667. The molecule has 0 atom stereocenters. The molecule has 0 aliphatic carbocycles. The fourth-order valence-electron chi connectivity index (χ4n) is 0.299. The van der Waals surface area contributed by atoms with Crippen LogP contribution in [0.2, 0.25) is 0 Å². The molecule has 0 bridgehead atoms. The molecule has 0 rings (SSSR count). The molecule has 0 saturated heterocycles. The van der Waals surface area contributed by atoms with Crippen LogP contribution in [0.4, 0.5) is 0 Å². The van der Waals surface area contributed by atoms with Gasteiger partial charge in [0.1, 0.15) is 0 Å². The van der Waals surface area contributed by atoms with Crippen LogP contribution in [-0.4, -0.2) is 11.8 Å². The maximum Gasteiger partial charge on any atom is 0.230 e. The zero-order valence-corrected chi connectivity index (χ0v) is 11.1. The smallest absolute Gasteiger partial charge is 0.230 e. The minimum atomic E-state index is 0.00527. The molecular weight excluding hydrogens is 260 g/mol. The zero-order chi connectivity index (χ0) is 10.8. The van der Waals surface area contributed by atoms with Crippen molar-refractivity contribution in [2.75, 3.05) is 0 Å². The van der Waals surface area contributed by atoms with E-state index < -0.39 is 0 Å². The van der Waals surface area contributed by atoms with Gasteiger partial charge in [-0.3, -0.25) is 19.0 Å². The second kappa shape index (κ2) is 9.88. The van der Waals surface area contributed by atoms with Gasteiger partial charge in [0.25, 0.3) is 0 Å². The van der Waals surface area contributed by atoms with Crippen LogP contribution in [-0.2, 0) is 9.59 Å². The van der Waals surface area contributed by atoms with Crippen molar-refractivity contribution in [3.05, 3.63) is 0 Å². The Morgan fingerprint density at radius 2 is 1.29 bits per heavy atom. The molecule has 0 unspecified atom stereocenters. The number of amides is 2. The first-order valence-electron chi connectivity index (χ1n) is 3.94. The average Bonchev–Trinajstić information content (AvgIpc) is 2.22. The number of nitrogens with one attached hydrogen (secondary N) is 2. The lowest BCUT2D eigenvalue weighted by Gasteiger charge is -2.01. The first-order valence-corrected chi connectivity index (χ1v) is 8.75. The predicted molar refractivity (Wildman–Crippen MR) is 67.2 cm³/mol. The largest absolute Gasteiger partial charge is 0.290 e. The normalized spacial score (nSPS) is 9.57. The van der Waals surface area contributed by atoms with Gasteiger partial charge < -0.3 is 0 Å². The molecule has 0 aromatic carbocycles. The molecule has 14 heavy (non-hydrogen) atoms. The SMILES string of the molecule is CCC(=O)NSSSSNC(=O)CC. The topological polar surface area (TPSA) is 58.2 Å². The van der Waals surface area contributed by atoms with Gasteiger partial charge in [0.05, 0.1) is 0 Å². The average molecular weight is 272 g/mol. The molecular formula is C6H12N2O2S4. The van der Waals surface area contributed by atoms with Crippen molar-refractivity contribution >= 4 is 53.4 Å². The highest BCUT2D eigenvalue weighted by Crippen LogP contribution is 2.39. The van der Waals surface area contributed by atoms with Gasteiger partial charge in [-0.1, -0.05) is 13.8 Å². The summed E-state index contributed by atoms with van der Waals surface area (Å²) in [7, 11) is 5.30. The molecule has 0 aliphatic rings. The molecule has 4 nitrogen and oxygen atoms in total. The first-order chi connectivity index (χ1) is 6.70. The van der Waals surface area contributed by atoms with E-state index in [9.17, 15) is 9.59 Å². The van der Waals surface area contributed by atoms with E-state index in [-0.39, 0.29) is 11.8 Å². The Balaban J connectivity index is 3.14. The van der Waals surface area contributed by atoms with Crippen molar-refractivity contribution in [3.63, 3.8) is 0 Å². The van der Waals surface area contributed by atoms with Crippen molar-refractivity contribution in [2.24, 2.45) is 0 Å². The molecule has 82 valence electrons. The third kappa shape index (κ3) is 8.92. The molecule has 0 saturated carbocycles. The summed E-state index contributed by atoms with van der Waals surface area (Å²) in [5, 5.41) is 0. The van der Waals surface area contributed by atoms with E-state index in [1.165, 1.54) is 41.6 Å². The number of hydrogen-bond donors (Lipinski definition) is 2. The molecule has 0 aliphatic heterocycles. The van der Waals surface area contributed by atoms with E-state index in [1.54, 1.807) is 13.8 Å². The van der Waals surface area contributed by atoms with Gasteiger partial charge in [0.15, 0.2) is 0 Å². The predicted octanol–water partition coefficient (Wildman–Crippen LogP) is 2.55. The van der Waals surface area contributed by atoms with Gasteiger partial charge in [-0.2, -0.15) is 0 Å². The summed E-state index contributed by atoms with van der Waals surface area (Å²) >= 11 is 0. The van der Waals surface area contributed by atoms with Crippen molar-refractivity contribution in [2.45, 2.75) is 26.7 Å². The van der Waals surface area contributed by atoms with Gasteiger partial charge in [0, 0.05) is 54.5 Å². The van der Waals surface area contributed by atoms with Crippen LogP contribution in [0.3, 0.4) is 0 Å². The number of carbonyl (C=O) groups is 2. The summed E-state index contributed by atoms with van der Waals surface area (Å²) in [6, 6.07) is 0. The summed E-state index contributed by atoms with van der Waals surface area (Å²) in [6.45, 7) is 3.59. The summed E-state index contributed by atoms with van der Waals surface area (Å²) in [4.78, 5) is 21.5. The van der Waals surface area contributed by atoms with Crippen molar-refractivity contribution in [3.8, 4) is 0 Å². The Hall–Kier alpha value is 0.340. The second-order valence-corrected chi connectivity index (χ2v) is 7.34. The molecule has 0 fully saturated rings. The lowest BCUT2D eigenvalue weighted by Crippen LogP contribution is -2.12. The highest BCUT2D eigenvalue weighted by atomic mass is 33.7. The molecule has 8 heteroatoms. The van der Waals surface area contributed by atoms with Crippen molar-refractivity contribution in [1.29, 1.82) is 0 Å². The van der Waals surface area contributed by atoms with E-state index in [0.717, 1.165) is 0 Å². The maximum absolute atomic E-state index is 10.8. The van der Waals surface area contributed by atoms with E-state index in [0.29, 0.717) is 12.8 Å². The molecule has 0 heterocycles. The molecule has 2 amide bonds. The molecule has 0 aromatic rings. The Morgan fingerprint density at radius 3 is 1.57 bits per heavy atom. The van der Waals surface area contributed by atoms with Crippen LogP contribution in [0, 0.1) is 0 Å². The second-order valence-electron chi connectivity index (χ2n) is 2.06. The molecule has 0 radical (unpaired) electrons. The lowest BCUT2D eigenvalue weighted by atomic mass is 10.5. The monoisotopic (exact) mass is 272 g/mol.